The lowest BCUT2D eigenvalue weighted by Crippen LogP contribution is -2.25. The highest BCUT2D eigenvalue weighted by Gasteiger charge is 2.26. The van der Waals surface area contributed by atoms with Gasteiger partial charge in [-0.15, -0.1) is 11.3 Å². The van der Waals surface area contributed by atoms with Crippen molar-refractivity contribution in [3.8, 4) is 0 Å². The summed E-state index contributed by atoms with van der Waals surface area (Å²) in [4.78, 5) is 1.33. The summed E-state index contributed by atoms with van der Waals surface area (Å²) in [5.74, 6) is 0.746. The molecular weight excluding hydrogens is 234 g/mol. The molecule has 2 N–H and O–H groups in total. The predicted molar refractivity (Wildman–Crippen MR) is 56.3 cm³/mol. The highest BCUT2D eigenvalue weighted by Crippen LogP contribution is 2.39. The van der Waals surface area contributed by atoms with E-state index in [0.29, 0.717) is 0 Å². The fourth-order valence-electron chi connectivity index (χ4n) is 1.54. The van der Waals surface area contributed by atoms with Gasteiger partial charge < -0.3 is 5.73 Å². The fraction of sp³-hybridized carbons (Fsp3) is 0.556. The minimum absolute atomic E-state index is 0.287. The normalized spacial score (nSPS) is 20.5. The molecule has 1 aromatic rings. The minimum atomic E-state index is 0.287. The van der Waals surface area contributed by atoms with Crippen LogP contribution in [0.2, 0.25) is 0 Å². The topological polar surface area (TPSA) is 26.0 Å². The quantitative estimate of drug-likeness (QED) is 0.851. The summed E-state index contributed by atoms with van der Waals surface area (Å²) in [6.45, 7) is 0. The van der Waals surface area contributed by atoms with Crippen LogP contribution in [0.3, 0.4) is 0 Å². The molecule has 1 aliphatic carbocycles. The molecule has 0 aromatic carbocycles. The van der Waals surface area contributed by atoms with Gasteiger partial charge in [-0.05, 0) is 46.8 Å². The number of hydrogen-bond donors (Lipinski definition) is 1. The number of rotatable bonds is 2. The van der Waals surface area contributed by atoms with Gasteiger partial charge in [-0.3, -0.25) is 0 Å². The van der Waals surface area contributed by atoms with Crippen molar-refractivity contribution in [1.29, 1.82) is 0 Å². The van der Waals surface area contributed by atoms with Crippen LogP contribution in [0.5, 0.6) is 0 Å². The molecule has 1 aromatic heterocycles. The monoisotopic (exact) mass is 245 g/mol. The van der Waals surface area contributed by atoms with E-state index >= 15 is 0 Å². The second kappa shape index (κ2) is 3.48. The fourth-order valence-corrected chi connectivity index (χ4v) is 3.06. The number of halogens is 1. The first kappa shape index (κ1) is 8.73. The Morgan fingerprint density at radius 2 is 2.25 bits per heavy atom. The summed E-state index contributed by atoms with van der Waals surface area (Å²) in [5.41, 5.74) is 6.10. The first-order valence-electron chi connectivity index (χ1n) is 4.28. The van der Waals surface area contributed by atoms with Crippen molar-refractivity contribution in [2.45, 2.75) is 25.3 Å². The zero-order chi connectivity index (χ0) is 8.55. The lowest BCUT2D eigenvalue weighted by molar-refractivity contribution is 0.267. The van der Waals surface area contributed by atoms with Crippen LogP contribution in [-0.2, 0) is 0 Å². The summed E-state index contributed by atoms with van der Waals surface area (Å²) in [6.07, 6.45) is 4.00. The molecule has 0 saturated heterocycles. The Hall–Kier alpha value is 0.140. The lowest BCUT2D eigenvalue weighted by atomic mass is 9.79. The maximum Gasteiger partial charge on any atom is 0.0701 e. The first-order valence-corrected chi connectivity index (χ1v) is 5.89. The van der Waals surface area contributed by atoms with E-state index in [-0.39, 0.29) is 6.04 Å². The minimum Gasteiger partial charge on any atom is -0.323 e. The molecule has 0 amide bonds. The van der Waals surface area contributed by atoms with Crippen LogP contribution in [0.4, 0.5) is 0 Å². The zero-order valence-electron chi connectivity index (χ0n) is 6.79. The van der Waals surface area contributed by atoms with Crippen LogP contribution >= 0.6 is 27.3 Å². The lowest BCUT2D eigenvalue weighted by Gasteiger charge is -2.30. The van der Waals surface area contributed by atoms with Crippen molar-refractivity contribution in [2.24, 2.45) is 11.7 Å². The summed E-state index contributed by atoms with van der Waals surface area (Å²) in [6, 6.07) is 4.51. The third kappa shape index (κ3) is 1.58. The molecule has 0 radical (unpaired) electrons. The number of nitrogens with two attached hydrogens (primary N) is 1. The van der Waals surface area contributed by atoms with Gasteiger partial charge >= 0.3 is 0 Å². The zero-order valence-corrected chi connectivity index (χ0v) is 9.20. The van der Waals surface area contributed by atoms with E-state index in [0.717, 1.165) is 5.92 Å². The largest absolute Gasteiger partial charge is 0.323 e. The molecule has 12 heavy (non-hydrogen) atoms. The van der Waals surface area contributed by atoms with E-state index < -0.39 is 0 Å². The number of thiophene rings is 1. The molecule has 1 nitrogen and oxygen atoms in total. The SMILES string of the molecule is N[C@@H](c1ccc(Br)s1)C1CCC1. The highest BCUT2D eigenvalue weighted by atomic mass is 79.9. The van der Waals surface area contributed by atoms with Crippen LogP contribution < -0.4 is 5.73 Å². The highest BCUT2D eigenvalue weighted by molar-refractivity contribution is 9.11. The second-order valence-corrected chi connectivity index (χ2v) is 5.85. The van der Waals surface area contributed by atoms with Gasteiger partial charge in [0.2, 0.25) is 0 Å². The second-order valence-electron chi connectivity index (χ2n) is 3.36. The van der Waals surface area contributed by atoms with Crippen LogP contribution in [0.1, 0.15) is 30.2 Å². The Labute approximate surface area is 85.1 Å². The molecule has 1 saturated carbocycles. The van der Waals surface area contributed by atoms with Crippen LogP contribution in [-0.4, -0.2) is 0 Å². The summed E-state index contributed by atoms with van der Waals surface area (Å²) >= 11 is 5.22. The molecule has 66 valence electrons. The molecule has 1 atom stereocenters. The van der Waals surface area contributed by atoms with Crippen molar-refractivity contribution in [1.82, 2.24) is 0 Å². The Bertz CT molecular complexity index is 267. The van der Waals surface area contributed by atoms with Crippen LogP contribution in [0.25, 0.3) is 0 Å². The third-order valence-electron chi connectivity index (χ3n) is 2.58. The van der Waals surface area contributed by atoms with Crippen molar-refractivity contribution < 1.29 is 0 Å². The van der Waals surface area contributed by atoms with Gasteiger partial charge in [0.1, 0.15) is 0 Å². The average Bonchev–Trinajstić information content (AvgIpc) is 2.31. The Kier molecular flexibility index (Phi) is 2.53. The Morgan fingerprint density at radius 1 is 1.50 bits per heavy atom. The Balaban J connectivity index is 2.08. The van der Waals surface area contributed by atoms with E-state index in [1.165, 1.54) is 27.9 Å². The van der Waals surface area contributed by atoms with E-state index in [1.54, 1.807) is 11.3 Å². The smallest absolute Gasteiger partial charge is 0.0701 e. The van der Waals surface area contributed by atoms with E-state index in [4.69, 9.17) is 5.73 Å². The van der Waals surface area contributed by atoms with E-state index in [9.17, 15) is 0 Å². The number of hydrogen-bond acceptors (Lipinski definition) is 2. The van der Waals surface area contributed by atoms with Gasteiger partial charge in [0, 0.05) is 10.9 Å². The predicted octanol–water partition coefficient (Wildman–Crippen LogP) is 3.31. The van der Waals surface area contributed by atoms with Gasteiger partial charge in [0.15, 0.2) is 0 Å². The first-order chi connectivity index (χ1) is 5.77. The van der Waals surface area contributed by atoms with Gasteiger partial charge in [-0.1, -0.05) is 6.42 Å². The van der Waals surface area contributed by atoms with Crippen molar-refractivity contribution in [3.63, 3.8) is 0 Å². The molecular formula is C9H12BrNS. The van der Waals surface area contributed by atoms with Crippen LogP contribution in [0, 0.1) is 5.92 Å². The Morgan fingerprint density at radius 3 is 2.67 bits per heavy atom. The van der Waals surface area contributed by atoms with Gasteiger partial charge in [-0.2, -0.15) is 0 Å². The van der Waals surface area contributed by atoms with Gasteiger partial charge in [-0.25, -0.2) is 0 Å². The standard InChI is InChI=1S/C9H12BrNS/c10-8-5-4-7(12-8)9(11)6-2-1-3-6/h4-6,9H,1-3,11H2/t9-/m1/s1. The molecule has 0 unspecified atom stereocenters. The molecule has 0 spiro atoms. The molecule has 3 heteroatoms. The van der Waals surface area contributed by atoms with Crippen molar-refractivity contribution in [2.75, 3.05) is 0 Å². The molecule has 1 fully saturated rings. The van der Waals surface area contributed by atoms with Gasteiger partial charge in [0.25, 0.3) is 0 Å². The van der Waals surface area contributed by atoms with Crippen LogP contribution in [0.15, 0.2) is 15.9 Å². The maximum absolute atomic E-state index is 6.10. The summed E-state index contributed by atoms with van der Waals surface area (Å²) in [7, 11) is 0. The third-order valence-corrected chi connectivity index (χ3v) is 4.31. The summed E-state index contributed by atoms with van der Waals surface area (Å²) < 4.78 is 1.19. The van der Waals surface area contributed by atoms with Crippen molar-refractivity contribution in [3.05, 3.63) is 20.8 Å². The maximum atomic E-state index is 6.10. The molecule has 1 heterocycles. The molecule has 2 rings (SSSR count). The summed E-state index contributed by atoms with van der Waals surface area (Å²) in [5, 5.41) is 0. The average molecular weight is 246 g/mol. The molecule has 1 aliphatic rings. The van der Waals surface area contributed by atoms with Crippen molar-refractivity contribution >= 4 is 27.3 Å². The molecule has 0 bridgehead atoms. The molecule has 0 aliphatic heterocycles. The van der Waals surface area contributed by atoms with E-state index in [1.807, 2.05) is 0 Å². The van der Waals surface area contributed by atoms with E-state index in [2.05, 4.69) is 28.1 Å². The van der Waals surface area contributed by atoms with Gasteiger partial charge in [0.05, 0.1) is 3.79 Å².